The Bertz CT molecular complexity index is 1480. The predicted molar refractivity (Wildman–Crippen MR) is 145 cm³/mol. The molecule has 0 saturated carbocycles. The van der Waals surface area contributed by atoms with E-state index in [1.54, 1.807) is 32.0 Å². The summed E-state index contributed by atoms with van der Waals surface area (Å²) in [6, 6.07) is 9.17. The van der Waals surface area contributed by atoms with Crippen molar-refractivity contribution in [2.75, 3.05) is 18.1 Å². The maximum absolute atomic E-state index is 13.8. The number of ketones is 1. The highest BCUT2D eigenvalue weighted by Gasteiger charge is 2.48. The van der Waals surface area contributed by atoms with E-state index in [4.69, 9.17) is 9.47 Å². The number of aliphatic hydroxyl groups is 1. The number of carbonyl (C=O) groups excluding carboxylic acids is 3. The van der Waals surface area contributed by atoms with E-state index in [0.29, 0.717) is 34.7 Å². The normalized spacial score (nSPS) is 16.4. The third kappa shape index (κ3) is 5.46. The zero-order valence-electron chi connectivity index (χ0n) is 21.7. The first-order chi connectivity index (χ1) is 18.7. The van der Waals surface area contributed by atoms with Gasteiger partial charge in [0.05, 0.1) is 23.9 Å². The molecule has 0 bridgehead atoms. The Hall–Kier alpha value is -4.31. The van der Waals surface area contributed by atoms with E-state index < -0.39 is 29.5 Å². The molecule has 10 heteroatoms. The number of carbonyl (C=O) groups is 3. The number of benzene rings is 2. The van der Waals surface area contributed by atoms with Gasteiger partial charge in [0.1, 0.15) is 28.8 Å². The van der Waals surface area contributed by atoms with Gasteiger partial charge in [-0.15, -0.1) is 0 Å². The van der Waals surface area contributed by atoms with Gasteiger partial charge in [0.25, 0.3) is 5.78 Å². The summed E-state index contributed by atoms with van der Waals surface area (Å²) in [5, 5.41) is 11.5. The molecule has 1 aromatic heterocycles. The summed E-state index contributed by atoms with van der Waals surface area (Å²) in [6.07, 6.45) is 2.25. The molecule has 3 aromatic rings. The molecule has 0 aliphatic carbocycles. The molecule has 1 atom stereocenters. The van der Waals surface area contributed by atoms with Crippen molar-refractivity contribution in [3.05, 3.63) is 93.8 Å². The third-order valence-corrected chi connectivity index (χ3v) is 7.20. The van der Waals surface area contributed by atoms with Crippen LogP contribution >= 0.6 is 11.3 Å². The van der Waals surface area contributed by atoms with E-state index in [1.165, 1.54) is 30.3 Å². The molecule has 1 N–H and O–H groups in total. The number of esters is 1. The maximum atomic E-state index is 13.8. The highest BCUT2D eigenvalue weighted by atomic mass is 32.1. The van der Waals surface area contributed by atoms with Crippen molar-refractivity contribution < 1.29 is 33.4 Å². The average molecular weight is 551 g/mol. The molecule has 1 fully saturated rings. The minimum Gasteiger partial charge on any atom is -0.507 e. The molecular weight excluding hydrogens is 523 g/mol. The van der Waals surface area contributed by atoms with Gasteiger partial charge in [0.15, 0.2) is 5.13 Å². The van der Waals surface area contributed by atoms with Crippen LogP contribution in [0.25, 0.3) is 5.76 Å². The van der Waals surface area contributed by atoms with Crippen molar-refractivity contribution in [1.82, 2.24) is 4.98 Å². The second-order valence-electron chi connectivity index (χ2n) is 8.84. The lowest BCUT2D eigenvalue weighted by molar-refractivity contribution is -0.132. The fourth-order valence-corrected chi connectivity index (χ4v) is 5.21. The topological polar surface area (TPSA) is 106 Å². The van der Waals surface area contributed by atoms with E-state index >= 15 is 0 Å². The number of aromatic nitrogens is 1. The SMILES string of the molecule is C=CCOC(=O)c1sc(N2C(=O)C(=O)/C(=C(\O)c3ccc(OCCC)cc3C)C2c2ccc(F)cc2)nc1C. The summed E-state index contributed by atoms with van der Waals surface area (Å²) < 4.78 is 24.6. The first-order valence-electron chi connectivity index (χ1n) is 12.2. The van der Waals surface area contributed by atoms with Crippen LogP contribution in [-0.4, -0.2) is 41.0 Å². The Kier molecular flexibility index (Phi) is 8.25. The number of hydrogen-bond acceptors (Lipinski definition) is 8. The third-order valence-electron chi connectivity index (χ3n) is 6.07. The van der Waals surface area contributed by atoms with Crippen molar-refractivity contribution in [1.29, 1.82) is 0 Å². The Balaban J connectivity index is 1.85. The molecule has 39 heavy (non-hydrogen) atoms. The number of ether oxygens (including phenoxy) is 2. The molecular formula is C29H27FN2O6S. The minimum absolute atomic E-state index is 0.00672. The number of halogens is 1. The smallest absolute Gasteiger partial charge is 0.350 e. The molecule has 2 aromatic carbocycles. The van der Waals surface area contributed by atoms with Gasteiger partial charge in [-0.3, -0.25) is 14.5 Å². The molecule has 2 heterocycles. The summed E-state index contributed by atoms with van der Waals surface area (Å²) in [5.41, 5.74) is 1.47. The lowest BCUT2D eigenvalue weighted by atomic mass is 9.94. The lowest BCUT2D eigenvalue weighted by Gasteiger charge is -2.23. The number of nitrogens with zero attached hydrogens (tertiary/aromatic N) is 2. The molecule has 1 unspecified atom stereocenters. The molecule has 1 amide bonds. The molecule has 1 aliphatic rings. The summed E-state index contributed by atoms with van der Waals surface area (Å²) in [4.78, 5) is 45.0. The summed E-state index contributed by atoms with van der Waals surface area (Å²) in [5.74, 6) is -2.81. The largest absolute Gasteiger partial charge is 0.507 e. The second-order valence-corrected chi connectivity index (χ2v) is 9.82. The van der Waals surface area contributed by atoms with Crippen LogP contribution in [0.5, 0.6) is 5.75 Å². The molecule has 0 radical (unpaired) electrons. The van der Waals surface area contributed by atoms with Gasteiger partial charge in [0.2, 0.25) is 0 Å². The number of thiazole rings is 1. The molecule has 1 saturated heterocycles. The molecule has 0 spiro atoms. The van der Waals surface area contributed by atoms with Gasteiger partial charge in [-0.25, -0.2) is 14.2 Å². The van der Waals surface area contributed by atoms with Crippen LogP contribution in [0, 0.1) is 19.7 Å². The van der Waals surface area contributed by atoms with Crippen molar-refractivity contribution in [3.63, 3.8) is 0 Å². The van der Waals surface area contributed by atoms with Gasteiger partial charge in [-0.05, 0) is 61.7 Å². The molecule has 4 rings (SSSR count). The summed E-state index contributed by atoms with van der Waals surface area (Å²) in [7, 11) is 0. The van der Waals surface area contributed by atoms with E-state index in [1.807, 2.05) is 6.92 Å². The van der Waals surface area contributed by atoms with Gasteiger partial charge in [-0.1, -0.05) is 43.0 Å². The van der Waals surface area contributed by atoms with Crippen LogP contribution in [0.15, 0.2) is 60.7 Å². The van der Waals surface area contributed by atoms with E-state index in [9.17, 15) is 23.9 Å². The Morgan fingerprint density at radius 1 is 1.21 bits per heavy atom. The van der Waals surface area contributed by atoms with Crippen LogP contribution in [0.3, 0.4) is 0 Å². The van der Waals surface area contributed by atoms with Crippen molar-refractivity contribution in [3.8, 4) is 5.75 Å². The number of Topliss-reactive ketones (excluding diaryl/α,β-unsaturated/α-hetero) is 1. The van der Waals surface area contributed by atoms with Gasteiger partial charge >= 0.3 is 11.9 Å². The van der Waals surface area contributed by atoms with Crippen molar-refractivity contribution >= 4 is 39.9 Å². The lowest BCUT2D eigenvalue weighted by Crippen LogP contribution is -2.29. The van der Waals surface area contributed by atoms with Crippen molar-refractivity contribution in [2.45, 2.75) is 33.2 Å². The highest BCUT2D eigenvalue weighted by molar-refractivity contribution is 7.17. The number of aryl methyl sites for hydroxylation is 2. The molecule has 8 nitrogen and oxygen atoms in total. The molecule has 202 valence electrons. The maximum Gasteiger partial charge on any atom is 0.350 e. The Morgan fingerprint density at radius 3 is 2.56 bits per heavy atom. The first-order valence-corrected chi connectivity index (χ1v) is 13.0. The second kappa shape index (κ2) is 11.6. The van der Waals surface area contributed by atoms with Crippen molar-refractivity contribution in [2.24, 2.45) is 0 Å². The fourth-order valence-electron chi connectivity index (χ4n) is 4.22. The van der Waals surface area contributed by atoms with Crippen LogP contribution < -0.4 is 9.64 Å². The standard InChI is InChI=1S/C29H27FN2O6S/c1-5-13-37-20-11-12-21(16(3)15-20)24(33)22-23(18-7-9-19(30)10-8-18)32(27(35)25(22)34)29-31-17(4)26(39-29)28(36)38-14-6-2/h6-12,15,23,33H,2,5,13-14H2,1,3-4H3/b24-22-. The Labute approximate surface area is 229 Å². The van der Waals surface area contributed by atoms with Gasteiger partial charge in [-0.2, -0.15) is 0 Å². The van der Waals surface area contributed by atoms with Crippen LogP contribution in [0.2, 0.25) is 0 Å². The first kappa shape index (κ1) is 27.7. The summed E-state index contributed by atoms with van der Waals surface area (Å²) >= 11 is 0.883. The number of amides is 1. The zero-order chi connectivity index (χ0) is 28.3. The number of hydrogen-bond donors (Lipinski definition) is 1. The van der Waals surface area contributed by atoms with Gasteiger partial charge in [0, 0.05) is 5.56 Å². The fraction of sp³-hybridized carbons (Fsp3) is 0.241. The van der Waals surface area contributed by atoms with Gasteiger partial charge < -0.3 is 14.6 Å². The number of rotatable bonds is 9. The van der Waals surface area contributed by atoms with E-state index in [-0.39, 0.29) is 27.9 Å². The van der Waals surface area contributed by atoms with E-state index in [2.05, 4.69) is 11.6 Å². The number of anilines is 1. The Morgan fingerprint density at radius 2 is 1.92 bits per heavy atom. The average Bonchev–Trinajstić information content (AvgIpc) is 3.42. The number of aliphatic hydroxyl groups excluding tert-OH is 1. The minimum atomic E-state index is -1.12. The van der Waals surface area contributed by atoms with E-state index in [0.717, 1.165) is 22.7 Å². The van der Waals surface area contributed by atoms with Crippen LogP contribution in [0.1, 0.15) is 51.4 Å². The van der Waals surface area contributed by atoms with Crippen LogP contribution in [0.4, 0.5) is 9.52 Å². The van der Waals surface area contributed by atoms with Crippen LogP contribution in [-0.2, 0) is 14.3 Å². The molecule has 1 aliphatic heterocycles. The predicted octanol–water partition coefficient (Wildman–Crippen LogP) is 5.66. The quantitative estimate of drug-likeness (QED) is 0.121. The highest BCUT2D eigenvalue weighted by Crippen LogP contribution is 2.44. The zero-order valence-corrected chi connectivity index (χ0v) is 22.5. The monoisotopic (exact) mass is 550 g/mol. The summed E-state index contributed by atoms with van der Waals surface area (Å²) in [6.45, 7) is 9.35.